The third-order valence-electron chi connectivity index (χ3n) is 1.34. The third kappa shape index (κ3) is 4.25. The number of halogens is 4. The van der Waals surface area contributed by atoms with Crippen molar-refractivity contribution in [3.05, 3.63) is 0 Å². The Labute approximate surface area is 71.4 Å². The van der Waals surface area contributed by atoms with Crippen LogP contribution < -0.4 is 5.32 Å². The molecule has 0 atom stereocenters. The van der Waals surface area contributed by atoms with Crippen molar-refractivity contribution in [1.82, 2.24) is 5.32 Å². The van der Waals surface area contributed by atoms with Crippen molar-refractivity contribution in [2.75, 3.05) is 13.1 Å². The zero-order valence-corrected chi connectivity index (χ0v) is 7.03. The molecule has 64 valence electrons. The molecule has 1 rings (SSSR count). The molecule has 1 aliphatic rings. The van der Waals surface area contributed by atoms with Gasteiger partial charge in [-0.15, -0.1) is 24.8 Å². The van der Waals surface area contributed by atoms with Crippen LogP contribution in [0.15, 0.2) is 0 Å². The van der Waals surface area contributed by atoms with Gasteiger partial charge in [0.1, 0.15) is 0 Å². The maximum Gasteiger partial charge on any atom is 0.250 e. The Balaban J connectivity index is 0. The van der Waals surface area contributed by atoms with Gasteiger partial charge in [-0.3, -0.25) is 0 Å². The molecule has 0 spiro atoms. The fourth-order valence-corrected chi connectivity index (χ4v) is 0.793. The lowest BCUT2D eigenvalue weighted by Crippen LogP contribution is -2.35. The molecule has 0 saturated carbocycles. The minimum atomic E-state index is -2.38. The molecule has 1 N–H and O–H groups in total. The number of hydrogen-bond donors (Lipinski definition) is 1. The highest BCUT2D eigenvalue weighted by Crippen LogP contribution is 2.23. The molecule has 1 nitrogen and oxygen atoms in total. The van der Waals surface area contributed by atoms with Crippen molar-refractivity contribution in [2.24, 2.45) is 0 Å². The Kier molecular flexibility index (Phi) is 6.65. The molecule has 0 bridgehead atoms. The minimum absolute atomic E-state index is 0. The van der Waals surface area contributed by atoms with E-state index in [4.69, 9.17) is 0 Å². The zero-order valence-electron chi connectivity index (χ0n) is 5.40. The summed E-state index contributed by atoms with van der Waals surface area (Å²) >= 11 is 0. The monoisotopic (exact) mass is 193 g/mol. The van der Waals surface area contributed by atoms with Gasteiger partial charge in [-0.05, 0) is 0 Å². The van der Waals surface area contributed by atoms with Crippen molar-refractivity contribution in [3.63, 3.8) is 0 Å². The number of alkyl halides is 2. The molecular weight excluding hydrogens is 183 g/mol. The van der Waals surface area contributed by atoms with Crippen LogP contribution in [0.2, 0.25) is 0 Å². The van der Waals surface area contributed by atoms with E-state index in [-0.39, 0.29) is 37.7 Å². The van der Waals surface area contributed by atoms with E-state index in [9.17, 15) is 8.78 Å². The third-order valence-corrected chi connectivity index (χ3v) is 1.34. The van der Waals surface area contributed by atoms with Crippen molar-refractivity contribution < 1.29 is 8.78 Å². The quantitative estimate of drug-likeness (QED) is 0.620. The first kappa shape index (κ1) is 13.0. The van der Waals surface area contributed by atoms with E-state index in [1.807, 2.05) is 0 Å². The predicted molar refractivity (Wildman–Crippen MR) is 41.5 cm³/mol. The molecule has 1 aliphatic heterocycles. The summed E-state index contributed by atoms with van der Waals surface area (Å²) in [5.41, 5.74) is 0. The van der Waals surface area contributed by atoms with Crippen molar-refractivity contribution in [3.8, 4) is 0 Å². The molecular formula is C5H11Cl2F2N. The molecule has 0 radical (unpaired) electrons. The second-order valence-corrected chi connectivity index (χ2v) is 2.11. The van der Waals surface area contributed by atoms with Crippen LogP contribution in [0, 0.1) is 0 Å². The summed E-state index contributed by atoms with van der Waals surface area (Å²) in [6.07, 6.45) is 0.0139. The van der Waals surface area contributed by atoms with Crippen LogP contribution >= 0.6 is 24.8 Å². The minimum Gasteiger partial charge on any atom is -0.316 e. The molecule has 1 heterocycles. The predicted octanol–water partition coefficient (Wildman–Crippen LogP) is 1.85. The standard InChI is InChI=1S/C5H9F2N.2ClH/c6-5(7)1-3-8-4-2-5;;/h8H,1-4H2;2*1H. The summed E-state index contributed by atoms with van der Waals surface area (Å²) in [5.74, 6) is -2.38. The van der Waals surface area contributed by atoms with Gasteiger partial charge in [0.05, 0.1) is 0 Å². The summed E-state index contributed by atoms with van der Waals surface area (Å²) in [6.45, 7) is 0.931. The number of hydrogen-bond acceptors (Lipinski definition) is 1. The van der Waals surface area contributed by atoms with Gasteiger partial charge in [0.15, 0.2) is 0 Å². The number of rotatable bonds is 0. The second-order valence-electron chi connectivity index (χ2n) is 2.11. The maximum atomic E-state index is 12.2. The smallest absolute Gasteiger partial charge is 0.250 e. The molecule has 0 amide bonds. The molecule has 0 aromatic heterocycles. The van der Waals surface area contributed by atoms with E-state index in [1.165, 1.54) is 0 Å². The molecule has 10 heavy (non-hydrogen) atoms. The highest BCUT2D eigenvalue weighted by molar-refractivity contribution is 5.85. The lowest BCUT2D eigenvalue weighted by Gasteiger charge is -2.21. The number of nitrogens with one attached hydrogen (secondary N) is 1. The SMILES string of the molecule is Cl.Cl.FC1(F)CCNCC1. The normalized spacial score (nSPS) is 22.2. The molecule has 0 aromatic carbocycles. The maximum absolute atomic E-state index is 12.2. The average Bonchev–Trinajstić information content (AvgIpc) is 1.65. The topological polar surface area (TPSA) is 12.0 Å². The first-order valence-electron chi connectivity index (χ1n) is 2.79. The van der Waals surface area contributed by atoms with Crippen molar-refractivity contribution >= 4 is 24.8 Å². The van der Waals surface area contributed by atoms with E-state index < -0.39 is 5.92 Å². The molecule has 5 heteroatoms. The highest BCUT2D eigenvalue weighted by atomic mass is 35.5. The Hall–Kier alpha value is 0.400. The van der Waals surface area contributed by atoms with Crippen molar-refractivity contribution in [2.45, 2.75) is 18.8 Å². The molecule has 0 aliphatic carbocycles. The van der Waals surface area contributed by atoms with E-state index in [1.54, 1.807) is 0 Å². The van der Waals surface area contributed by atoms with Crippen molar-refractivity contribution in [1.29, 1.82) is 0 Å². The molecule has 0 unspecified atom stereocenters. The molecule has 0 aromatic rings. The van der Waals surface area contributed by atoms with Gasteiger partial charge >= 0.3 is 0 Å². The lowest BCUT2D eigenvalue weighted by molar-refractivity contribution is -0.0274. The first-order chi connectivity index (χ1) is 3.71. The van der Waals surface area contributed by atoms with Gasteiger partial charge in [0, 0.05) is 25.9 Å². The largest absolute Gasteiger partial charge is 0.316 e. The van der Waals surface area contributed by atoms with Crippen LogP contribution in [-0.4, -0.2) is 19.0 Å². The Morgan fingerprint density at radius 2 is 1.40 bits per heavy atom. The summed E-state index contributed by atoms with van der Waals surface area (Å²) in [4.78, 5) is 0. The van der Waals surface area contributed by atoms with Gasteiger partial charge in [-0.2, -0.15) is 0 Å². The van der Waals surface area contributed by atoms with Gasteiger partial charge in [-0.1, -0.05) is 0 Å². The van der Waals surface area contributed by atoms with Gasteiger partial charge in [-0.25, -0.2) is 8.78 Å². The number of piperidine rings is 1. The Bertz CT molecular complexity index is 81.7. The summed E-state index contributed by atoms with van der Waals surface area (Å²) in [5, 5.41) is 2.86. The fraction of sp³-hybridized carbons (Fsp3) is 1.00. The summed E-state index contributed by atoms with van der Waals surface area (Å²) < 4.78 is 24.3. The van der Waals surface area contributed by atoms with Crippen LogP contribution in [0.1, 0.15) is 12.8 Å². The highest BCUT2D eigenvalue weighted by Gasteiger charge is 2.30. The fourth-order valence-electron chi connectivity index (χ4n) is 0.793. The van der Waals surface area contributed by atoms with E-state index >= 15 is 0 Å². The van der Waals surface area contributed by atoms with Crippen LogP contribution in [0.4, 0.5) is 8.78 Å². The Morgan fingerprint density at radius 3 is 1.60 bits per heavy atom. The molecule has 1 fully saturated rings. The van der Waals surface area contributed by atoms with Gasteiger partial charge < -0.3 is 5.32 Å². The first-order valence-corrected chi connectivity index (χ1v) is 2.79. The van der Waals surface area contributed by atoms with Crippen LogP contribution in [0.3, 0.4) is 0 Å². The van der Waals surface area contributed by atoms with E-state index in [0.717, 1.165) is 0 Å². The van der Waals surface area contributed by atoms with Gasteiger partial charge in [0.2, 0.25) is 0 Å². The Morgan fingerprint density at radius 1 is 1.00 bits per heavy atom. The van der Waals surface area contributed by atoms with E-state index in [2.05, 4.69) is 5.32 Å². The zero-order chi connectivity index (χ0) is 6.04. The summed E-state index contributed by atoms with van der Waals surface area (Å²) in [6, 6.07) is 0. The van der Waals surface area contributed by atoms with Crippen LogP contribution in [0.25, 0.3) is 0 Å². The average molecular weight is 194 g/mol. The van der Waals surface area contributed by atoms with Crippen LogP contribution in [-0.2, 0) is 0 Å². The van der Waals surface area contributed by atoms with E-state index in [0.29, 0.717) is 13.1 Å². The lowest BCUT2D eigenvalue weighted by atomic mass is 10.1. The van der Waals surface area contributed by atoms with Crippen LogP contribution in [0.5, 0.6) is 0 Å². The molecule has 1 saturated heterocycles. The summed E-state index contributed by atoms with van der Waals surface area (Å²) in [7, 11) is 0. The second kappa shape index (κ2) is 5.10. The van der Waals surface area contributed by atoms with Gasteiger partial charge in [0.25, 0.3) is 5.92 Å².